The van der Waals surface area contributed by atoms with Crippen LogP contribution >= 0.6 is 0 Å². The van der Waals surface area contributed by atoms with Crippen molar-refractivity contribution in [2.24, 2.45) is 0 Å². The van der Waals surface area contributed by atoms with Crippen LogP contribution in [0.4, 0.5) is 17.1 Å². The fraction of sp³-hybridized carbons (Fsp3) is 0. The van der Waals surface area contributed by atoms with Crippen LogP contribution in [0.5, 0.6) is 0 Å². The minimum atomic E-state index is 0.907. The molecule has 0 aliphatic heterocycles. The van der Waals surface area contributed by atoms with E-state index in [1.807, 2.05) is 18.2 Å². The molecular weight excluding hydrogens is 713 g/mol. The van der Waals surface area contributed by atoms with Gasteiger partial charge in [-0.2, -0.15) is 0 Å². The maximum absolute atomic E-state index is 7.92. The molecule has 10 aromatic rings. The molecule has 0 aromatic heterocycles. The number of hydrogen-bond acceptors (Lipinski definition) is 2. The minimum absolute atomic E-state index is 0.907. The van der Waals surface area contributed by atoms with Gasteiger partial charge in [0.15, 0.2) is 0 Å². The van der Waals surface area contributed by atoms with Gasteiger partial charge in [-0.15, -0.1) is 0 Å². The summed E-state index contributed by atoms with van der Waals surface area (Å²) in [7, 11) is 0. The molecule has 0 amide bonds. The second-order valence-electron chi connectivity index (χ2n) is 15.2. The average Bonchev–Trinajstić information content (AvgIpc) is 3.64. The van der Waals surface area contributed by atoms with Crippen LogP contribution < -0.4 is 4.90 Å². The molecule has 1 N–H and O–H groups in total. The molecule has 10 aromatic carbocycles. The van der Waals surface area contributed by atoms with E-state index in [2.05, 4.69) is 205 Å². The first-order valence-corrected chi connectivity index (χ1v) is 20.2. The van der Waals surface area contributed by atoms with Gasteiger partial charge in [-0.25, -0.2) is 0 Å². The Balaban J connectivity index is 1.06. The highest BCUT2D eigenvalue weighted by Gasteiger charge is 2.31. The molecule has 0 spiro atoms. The zero-order chi connectivity index (χ0) is 39.3. The first kappa shape index (κ1) is 34.4. The van der Waals surface area contributed by atoms with E-state index in [4.69, 9.17) is 5.41 Å². The molecule has 0 bridgehead atoms. The number of anilines is 3. The monoisotopic (exact) mass is 750 g/mol. The maximum atomic E-state index is 7.92. The van der Waals surface area contributed by atoms with E-state index in [0.717, 1.165) is 33.8 Å². The average molecular weight is 751 g/mol. The summed E-state index contributed by atoms with van der Waals surface area (Å²) in [5.74, 6) is 0. The summed E-state index contributed by atoms with van der Waals surface area (Å²) in [4.78, 5) is 2.31. The third-order valence-electron chi connectivity index (χ3n) is 11.9. The fourth-order valence-corrected chi connectivity index (χ4v) is 9.35. The van der Waals surface area contributed by atoms with Gasteiger partial charge in [-0.3, -0.25) is 0 Å². The van der Waals surface area contributed by atoms with Gasteiger partial charge >= 0.3 is 0 Å². The van der Waals surface area contributed by atoms with Crippen molar-refractivity contribution in [1.29, 1.82) is 5.41 Å². The molecule has 0 saturated heterocycles. The Morgan fingerprint density at radius 2 is 0.712 bits per heavy atom. The summed E-state index contributed by atoms with van der Waals surface area (Å²) < 4.78 is 0. The number of fused-ring (bicyclic) bond motifs is 4. The van der Waals surface area contributed by atoms with E-state index in [1.165, 1.54) is 83.4 Å². The van der Waals surface area contributed by atoms with Crippen LogP contribution in [0.15, 0.2) is 218 Å². The van der Waals surface area contributed by atoms with E-state index >= 15 is 0 Å². The summed E-state index contributed by atoms with van der Waals surface area (Å²) in [6.45, 7) is 0. The standard InChI is InChI=1S/C57H38N2/c58-37-42-19-10-11-22-46(42)38-27-31-44(32-28-38)59(43-20-8-3-9-21-43)45-33-29-39(30-34-45)47-35-36-52-55-48(47)25-14-26-51(55)56-53(40-15-4-1-5-16-40)49-23-12-13-24-50(49)54(57(52)56)41-17-6-2-7-18-41/h1-37,58H. The Bertz CT molecular complexity index is 3090. The van der Waals surface area contributed by atoms with Gasteiger partial charge < -0.3 is 10.3 Å². The molecule has 276 valence electrons. The quantitative estimate of drug-likeness (QED) is 0.154. The lowest BCUT2D eigenvalue weighted by molar-refractivity contribution is 1.28. The maximum Gasteiger partial charge on any atom is 0.0462 e. The molecule has 0 heterocycles. The number of benzene rings is 10. The van der Waals surface area contributed by atoms with E-state index in [1.54, 1.807) is 0 Å². The number of para-hydroxylation sites is 1. The smallest absolute Gasteiger partial charge is 0.0462 e. The molecule has 59 heavy (non-hydrogen) atoms. The molecule has 2 nitrogen and oxygen atoms in total. The van der Waals surface area contributed by atoms with Crippen LogP contribution in [0.25, 0.3) is 88.3 Å². The highest BCUT2D eigenvalue weighted by atomic mass is 15.1. The summed E-state index contributed by atoms with van der Waals surface area (Å²) >= 11 is 0. The molecule has 0 unspecified atom stereocenters. The van der Waals surface area contributed by atoms with Gasteiger partial charge in [0.05, 0.1) is 0 Å². The van der Waals surface area contributed by atoms with Crippen LogP contribution in [-0.2, 0) is 0 Å². The van der Waals surface area contributed by atoms with Crippen molar-refractivity contribution < 1.29 is 0 Å². The predicted octanol–water partition coefficient (Wildman–Crippen LogP) is 15.8. The lowest BCUT2D eigenvalue weighted by Gasteiger charge is -2.26. The van der Waals surface area contributed by atoms with E-state index < -0.39 is 0 Å². The highest BCUT2D eigenvalue weighted by molar-refractivity contribution is 6.28. The van der Waals surface area contributed by atoms with Crippen LogP contribution in [0.3, 0.4) is 0 Å². The van der Waals surface area contributed by atoms with Crippen molar-refractivity contribution in [2.75, 3.05) is 4.90 Å². The van der Waals surface area contributed by atoms with Gasteiger partial charge in [0.2, 0.25) is 0 Å². The fourth-order valence-electron chi connectivity index (χ4n) is 9.35. The van der Waals surface area contributed by atoms with Gasteiger partial charge in [-0.05, 0) is 130 Å². The van der Waals surface area contributed by atoms with Gasteiger partial charge in [0.25, 0.3) is 0 Å². The van der Waals surface area contributed by atoms with Crippen molar-refractivity contribution in [1.82, 2.24) is 0 Å². The summed E-state index contributed by atoms with van der Waals surface area (Å²) in [5.41, 5.74) is 18.9. The molecule has 11 rings (SSSR count). The van der Waals surface area contributed by atoms with Crippen LogP contribution in [0, 0.1) is 5.41 Å². The van der Waals surface area contributed by atoms with Crippen molar-refractivity contribution in [3.05, 3.63) is 224 Å². The zero-order valence-corrected chi connectivity index (χ0v) is 32.3. The van der Waals surface area contributed by atoms with E-state index in [9.17, 15) is 0 Å². The highest BCUT2D eigenvalue weighted by Crippen LogP contribution is 2.58. The second kappa shape index (κ2) is 14.3. The van der Waals surface area contributed by atoms with Crippen LogP contribution in [-0.4, -0.2) is 6.21 Å². The van der Waals surface area contributed by atoms with Crippen molar-refractivity contribution in [2.45, 2.75) is 0 Å². The Labute approximate surface area is 344 Å². The number of hydrogen-bond donors (Lipinski definition) is 1. The molecule has 0 atom stereocenters. The molecule has 0 saturated carbocycles. The largest absolute Gasteiger partial charge is 0.311 e. The molecular formula is C57H38N2. The van der Waals surface area contributed by atoms with Crippen molar-refractivity contribution in [3.63, 3.8) is 0 Å². The molecule has 1 aliphatic rings. The van der Waals surface area contributed by atoms with E-state index in [0.29, 0.717) is 0 Å². The topological polar surface area (TPSA) is 27.1 Å². The molecule has 0 fully saturated rings. The normalized spacial score (nSPS) is 11.5. The second-order valence-corrected chi connectivity index (χ2v) is 15.2. The Morgan fingerprint density at radius 1 is 0.288 bits per heavy atom. The van der Waals surface area contributed by atoms with Gasteiger partial charge in [0, 0.05) is 23.3 Å². The number of rotatable bonds is 8. The molecule has 0 radical (unpaired) electrons. The summed E-state index contributed by atoms with van der Waals surface area (Å²) in [6.07, 6.45) is 1.42. The summed E-state index contributed by atoms with van der Waals surface area (Å²) in [5, 5.41) is 13.0. The first-order valence-electron chi connectivity index (χ1n) is 20.2. The number of nitrogens with one attached hydrogen (secondary N) is 1. The lowest BCUT2D eigenvalue weighted by Crippen LogP contribution is -2.09. The third kappa shape index (κ3) is 5.68. The van der Waals surface area contributed by atoms with Crippen molar-refractivity contribution in [3.8, 4) is 66.8 Å². The first-order chi connectivity index (χ1) is 29.3. The van der Waals surface area contributed by atoms with Gasteiger partial charge in [-0.1, -0.05) is 182 Å². The van der Waals surface area contributed by atoms with Crippen molar-refractivity contribution >= 4 is 44.8 Å². The van der Waals surface area contributed by atoms with Crippen LogP contribution in [0.2, 0.25) is 0 Å². The van der Waals surface area contributed by atoms with E-state index in [-0.39, 0.29) is 0 Å². The Hall–Kier alpha value is -7.81. The predicted molar refractivity (Wildman–Crippen MR) is 250 cm³/mol. The minimum Gasteiger partial charge on any atom is -0.311 e. The Morgan fingerprint density at radius 3 is 1.29 bits per heavy atom. The van der Waals surface area contributed by atoms with Crippen LogP contribution in [0.1, 0.15) is 5.56 Å². The number of nitrogens with zero attached hydrogens (tertiary/aromatic N) is 1. The molecule has 1 aliphatic carbocycles. The summed E-state index contributed by atoms with van der Waals surface area (Å²) in [6, 6.07) is 78.6. The molecule has 2 heteroatoms. The zero-order valence-electron chi connectivity index (χ0n) is 32.3. The Kier molecular flexibility index (Phi) is 8.34. The third-order valence-corrected chi connectivity index (χ3v) is 11.9. The van der Waals surface area contributed by atoms with Gasteiger partial charge in [0.1, 0.15) is 0 Å². The SMILES string of the molecule is N=Cc1ccccc1-c1ccc(N(c2ccccc2)c2ccc(-c3ccc4c5c(cccc35)-c3c-4c(-c4ccccc4)c4ccccc4c3-c3ccccc3)cc2)cc1. The lowest BCUT2D eigenvalue weighted by atomic mass is 9.82.